The van der Waals surface area contributed by atoms with E-state index in [9.17, 15) is 4.39 Å². The van der Waals surface area contributed by atoms with Crippen LogP contribution < -0.4 is 10.1 Å². The van der Waals surface area contributed by atoms with E-state index in [1.54, 1.807) is 12.1 Å². The molecule has 1 aliphatic heterocycles. The summed E-state index contributed by atoms with van der Waals surface area (Å²) in [6, 6.07) is 5.21. The number of ether oxygens (including phenoxy) is 1. The Morgan fingerprint density at radius 2 is 2.26 bits per heavy atom. The molecular weight excluding hydrogens is 243 g/mol. The topological polar surface area (TPSA) is 24.5 Å². The highest BCUT2D eigenvalue weighted by atomic mass is 19.1. The second-order valence-electron chi connectivity index (χ2n) is 5.52. The van der Waals surface area contributed by atoms with Crippen molar-refractivity contribution in [2.45, 2.75) is 32.4 Å². The number of nitrogens with zero attached hydrogens (tertiary/aromatic N) is 1. The molecule has 0 aromatic heterocycles. The molecule has 2 rings (SSSR count). The fourth-order valence-electron chi connectivity index (χ4n) is 2.58. The van der Waals surface area contributed by atoms with Crippen molar-refractivity contribution >= 4 is 0 Å². The molecule has 4 heteroatoms. The largest absolute Gasteiger partial charge is 0.494 e. The van der Waals surface area contributed by atoms with E-state index in [0.29, 0.717) is 5.75 Å². The van der Waals surface area contributed by atoms with Crippen molar-refractivity contribution in [3.05, 3.63) is 29.6 Å². The summed E-state index contributed by atoms with van der Waals surface area (Å²) in [4.78, 5) is 2.38. The summed E-state index contributed by atoms with van der Waals surface area (Å²) in [6.45, 7) is 8.22. The first kappa shape index (κ1) is 14.3. The molecule has 1 unspecified atom stereocenters. The molecule has 0 spiro atoms. The summed E-state index contributed by atoms with van der Waals surface area (Å²) >= 11 is 0. The van der Waals surface area contributed by atoms with Crippen LogP contribution in [0.2, 0.25) is 0 Å². The van der Waals surface area contributed by atoms with Crippen LogP contribution in [0.1, 0.15) is 25.8 Å². The third-order valence-electron chi connectivity index (χ3n) is 3.96. The van der Waals surface area contributed by atoms with E-state index in [1.807, 2.05) is 6.07 Å². The molecule has 1 aromatic carbocycles. The van der Waals surface area contributed by atoms with Crippen LogP contribution in [0.25, 0.3) is 0 Å². The van der Waals surface area contributed by atoms with Gasteiger partial charge in [-0.3, -0.25) is 4.90 Å². The molecule has 1 saturated heterocycles. The van der Waals surface area contributed by atoms with E-state index < -0.39 is 0 Å². The van der Waals surface area contributed by atoms with Crippen LogP contribution in [0.4, 0.5) is 4.39 Å². The third kappa shape index (κ3) is 3.45. The van der Waals surface area contributed by atoms with Crippen LogP contribution in [0.3, 0.4) is 0 Å². The Hall–Kier alpha value is -1.13. The molecule has 19 heavy (non-hydrogen) atoms. The minimum Gasteiger partial charge on any atom is -0.494 e. The number of nitrogens with one attached hydrogen (secondary N) is 1. The Kier molecular flexibility index (Phi) is 4.42. The summed E-state index contributed by atoms with van der Waals surface area (Å²) in [5.74, 6) is 0.0239. The minimum absolute atomic E-state index is 0.170. The molecule has 1 atom stereocenters. The molecule has 3 nitrogen and oxygen atoms in total. The first-order chi connectivity index (χ1) is 9.06. The van der Waals surface area contributed by atoms with Crippen molar-refractivity contribution in [1.82, 2.24) is 10.2 Å². The van der Waals surface area contributed by atoms with Gasteiger partial charge in [0, 0.05) is 31.7 Å². The number of hydrogen-bond acceptors (Lipinski definition) is 3. The lowest BCUT2D eigenvalue weighted by Crippen LogP contribution is -2.58. The zero-order valence-corrected chi connectivity index (χ0v) is 12.0. The third-order valence-corrected chi connectivity index (χ3v) is 3.96. The molecule has 1 heterocycles. The van der Waals surface area contributed by atoms with Crippen LogP contribution in [-0.4, -0.2) is 37.2 Å². The Labute approximate surface area is 114 Å². The van der Waals surface area contributed by atoms with Gasteiger partial charge in [0.15, 0.2) is 11.6 Å². The van der Waals surface area contributed by atoms with Crippen molar-refractivity contribution in [3.8, 4) is 5.75 Å². The van der Waals surface area contributed by atoms with Crippen LogP contribution in [0.15, 0.2) is 18.2 Å². The Bertz CT molecular complexity index is 438. The lowest BCUT2D eigenvalue weighted by molar-refractivity contribution is 0.133. The van der Waals surface area contributed by atoms with E-state index in [0.717, 1.165) is 38.2 Å². The maximum Gasteiger partial charge on any atom is 0.165 e. The fraction of sp³-hybridized carbons (Fsp3) is 0.600. The van der Waals surface area contributed by atoms with Crippen molar-refractivity contribution in [3.63, 3.8) is 0 Å². The molecule has 106 valence electrons. The van der Waals surface area contributed by atoms with Crippen LogP contribution >= 0.6 is 0 Å². The van der Waals surface area contributed by atoms with Crippen LogP contribution in [0.5, 0.6) is 5.75 Å². The molecule has 1 aliphatic rings. The minimum atomic E-state index is -0.284. The van der Waals surface area contributed by atoms with Gasteiger partial charge < -0.3 is 10.1 Å². The maximum absolute atomic E-state index is 13.7. The van der Waals surface area contributed by atoms with E-state index in [4.69, 9.17) is 4.74 Å². The molecule has 1 N–H and O–H groups in total. The molecule has 1 aromatic rings. The van der Waals surface area contributed by atoms with Gasteiger partial charge in [0.1, 0.15) is 0 Å². The molecule has 0 saturated carbocycles. The first-order valence-corrected chi connectivity index (χ1v) is 6.86. The summed E-state index contributed by atoms with van der Waals surface area (Å²) in [5, 5.41) is 3.55. The number of hydrogen-bond donors (Lipinski definition) is 1. The van der Waals surface area contributed by atoms with Gasteiger partial charge in [-0.05, 0) is 31.0 Å². The van der Waals surface area contributed by atoms with Crippen LogP contribution in [-0.2, 0) is 6.54 Å². The molecule has 0 amide bonds. The van der Waals surface area contributed by atoms with Gasteiger partial charge in [0.05, 0.1) is 7.11 Å². The predicted molar refractivity (Wildman–Crippen MR) is 74.9 cm³/mol. The predicted octanol–water partition coefficient (Wildman–Crippen LogP) is 2.41. The second kappa shape index (κ2) is 5.88. The number of benzene rings is 1. The standard InChI is InChI=1S/C15H23FN2O/c1-4-15(2)11-18(8-7-17-15)10-12-5-6-14(19-3)13(16)9-12/h5-6,9,17H,4,7-8,10-11H2,1-3H3. The molecule has 0 radical (unpaired) electrons. The Morgan fingerprint density at radius 3 is 2.89 bits per heavy atom. The average Bonchev–Trinajstić information content (AvgIpc) is 2.39. The van der Waals surface area contributed by atoms with E-state index >= 15 is 0 Å². The van der Waals surface area contributed by atoms with E-state index in [2.05, 4.69) is 24.1 Å². The fourth-order valence-corrected chi connectivity index (χ4v) is 2.58. The molecule has 0 bridgehead atoms. The molecular formula is C15H23FN2O. The molecule has 1 fully saturated rings. The quantitative estimate of drug-likeness (QED) is 0.905. The van der Waals surface area contributed by atoms with Gasteiger partial charge in [0.25, 0.3) is 0 Å². The first-order valence-electron chi connectivity index (χ1n) is 6.86. The summed E-state index contributed by atoms with van der Waals surface area (Å²) in [7, 11) is 1.49. The highest BCUT2D eigenvalue weighted by molar-refractivity contribution is 5.29. The summed E-state index contributed by atoms with van der Waals surface area (Å²) < 4.78 is 18.6. The van der Waals surface area contributed by atoms with Gasteiger partial charge in [-0.2, -0.15) is 0 Å². The van der Waals surface area contributed by atoms with Gasteiger partial charge >= 0.3 is 0 Å². The van der Waals surface area contributed by atoms with Gasteiger partial charge in [-0.15, -0.1) is 0 Å². The van der Waals surface area contributed by atoms with Crippen molar-refractivity contribution < 1.29 is 9.13 Å². The zero-order valence-electron chi connectivity index (χ0n) is 12.0. The number of piperazine rings is 1. The summed E-state index contributed by atoms with van der Waals surface area (Å²) in [6.07, 6.45) is 1.10. The highest BCUT2D eigenvalue weighted by Crippen LogP contribution is 2.21. The van der Waals surface area contributed by atoms with Crippen molar-refractivity contribution in [1.29, 1.82) is 0 Å². The average molecular weight is 266 g/mol. The lowest BCUT2D eigenvalue weighted by Gasteiger charge is -2.41. The second-order valence-corrected chi connectivity index (χ2v) is 5.52. The Balaban J connectivity index is 2.03. The Morgan fingerprint density at radius 1 is 1.47 bits per heavy atom. The smallest absolute Gasteiger partial charge is 0.165 e. The van der Waals surface area contributed by atoms with E-state index in [1.165, 1.54) is 7.11 Å². The number of halogens is 1. The highest BCUT2D eigenvalue weighted by Gasteiger charge is 2.28. The molecule has 0 aliphatic carbocycles. The van der Waals surface area contributed by atoms with Gasteiger partial charge in [-0.25, -0.2) is 4.39 Å². The normalized spacial score (nSPS) is 24.4. The SMILES string of the molecule is CCC1(C)CN(Cc2ccc(OC)c(F)c2)CCN1. The van der Waals surface area contributed by atoms with Gasteiger partial charge in [-0.1, -0.05) is 13.0 Å². The van der Waals surface area contributed by atoms with Crippen molar-refractivity contribution in [2.24, 2.45) is 0 Å². The number of methoxy groups -OCH3 is 1. The van der Waals surface area contributed by atoms with Crippen LogP contribution in [0, 0.1) is 5.82 Å². The maximum atomic E-state index is 13.7. The summed E-state index contributed by atoms with van der Waals surface area (Å²) in [5.41, 5.74) is 1.17. The van der Waals surface area contributed by atoms with Crippen molar-refractivity contribution in [2.75, 3.05) is 26.7 Å². The van der Waals surface area contributed by atoms with E-state index in [-0.39, 0.29) is 11.4 Å². The van der Waals surface area contributed by atoms with Gasteiger partial charge in [0.2, 0.25) is 0 Å². The zero-order chi connectivity index (χ0) is 13.9. The number of rotatable bonds is 4. The monoisotopic (exact) mass is 266 g/mol. The lowest BCUT2D eigenvalue weighted by atomic mass is 9.95.